The van der Waals surface area contributed by atoms with E-state index in [4.69, 9.17) is 0 Å². The Hall–Kier alpha value is -2.33. The Balaban J connectivity index is 1.59. The summed E-state index contributed by atoms with van der Waals surface area (Å²) in [5.41, 5.74) is 4.91. The maximum absolute atomic E-state index is 11.6. The van der Waals surface area contributed by atoms with Crippen LogP contribution in [0.2, 0.25) is 0 Å². The molecular weight excluding hydrogens is 354 g/mol. The second-order valence-corrected chi connectivity index (χ2v) is 8.65. The summed E-state index contributed by atoms with van der Waals surface area (Å²) in [5, 5.41) is 11.9. The molecule has 1 N–H and O–H groups in total. The summed E-state index contributed by atoms with van der Waals surface area (Å²) in [4.78, 5) is 17.5. The second-order valence-electron chi connectivity index (χ2n) is 7.67. The lowest BCUT2D eigenvalue weighted by atomic mass is 10.0. The summed E-state index contributed by atoms with van der Waals surface area (Å²) in [6, 6.07) is 14.9. The third-order valence-corrected chi connectivity index (χ3v) is 6.91. The topological polar surface area (TPSA) is 50.2 Å². The van der Waals surface area contributed by atoms with Crippen LogP contribution in [0.3, 0.4) is 0 Å². The molecule has 136 valence electrons. The Morgan fingerprint density at radius 3 is 2.70 bits per heavy atom. The van der Waals surface area contributed by atoms with Crippen molar-refractivity contribution >= 4 is 28.5 Å². The minimum Gasteiger partial charge on any atom is -0.481 e. The zero-order valence-corrected chi connectivity index (χ0v) is 15.8. The average molecular weight is 375 g/mol. The summed E-state index contributed by atoms with van der Waals surface area (Å²) >= 11 is 1.84. The van der Waals surface area contributed by atoms with Crippen LogP contribution in [0, 0.1) is 5.92 Å². The fraction of sp³-hybridized carbons (Fsp3) is 0.304. The normalized spacial score (nSPS) is 18.6. The number of rotatable bonds is 5. The first-order chi connectivity index (χ1) is 13.2. The van der Waals surface area contributed by atoms with Crippen molar-refractivity contribution < 1.29 is 9.90 Å². The monoisotopic (exact) mass is 375 g/mol. The number of fused-ring (bicyclic) bond motifs is 2. The molecule has 0 amide bonds. The number of aliphatic carboxylic acids is 1. The highest BCUT2D eigenvalue weighted by atomic mass is 32.2. The molecule has 0 radical (unpaired) electrons. The van der Waals surface area contributed by atoms with Crippen molar-refractivity contribution in [2.75, 3.05) is 0 Å². The quantitative estimate of drug-likeness (QED) is 0.623. The van der Waals surface area contributed by atoms with Gasteiger partial charge in [-0.05, 0) is 59.9 Å². The number of pyridine rings is 1. The first kappa shape index (κ1) is 16.8. The molecule has 4 heteroatoms. The fourth-order valence-corrected chi connectivity index (χ4v) is 5.26. The molecule has 1 aromatic heterocycles. The van der Waals surface area contributed by atoms with Gasteiger partial charge in [-0.3, -0.25) is 9.78 Å². The van der Waals surface area contributed by atoms with Crippen LogP contribution in [0.15, 0.2) is 53.6 Å². The molecule has 3 aromatic rings. The summed E-state index contributed by atoms with van der Waals surface area (Å²) in [7, 11) is 0. The van der Waals surface area contributed by atoms with Crippen LogP contribution in [0.25, 0.3) is 10.8 Å². The number of carbonyl (C=O) groups is 1. The van der Waals surface area contributed by atoms with E-state index in [2.05, 4.69) is 41.4 Å². The average Bonchev–Trinajstić information content (AvgIpc) is 3.44. The van der Waals surface area contributed by atoms with E-state index >= 15 is 0 Å². The van der Waals surface area contributed by atoms with Gasteiger partial charge in [-0.25, -0.2) is 0 Å². The van der Waals surface area contributed by atoms with Gasteiger partial charge in [-0.2, -0.15) is 0 Å². The van der Waals surface area contributed by atoms with E-state index in [-0.39, 0.29) is 5.92 Å². The Bertz CT molecular complexity index is 1030. The van der Waals surface area contributed by atoms with Crippen molar-refractivity contribution in [3.63, 3.8) is 0 Å². The molecule has 0 bridgehead atoms. The number of aromatic nitrogens is 1. The third kappa shape index (κ3) is 3.23. The van der Waals surface area contributed by atoms with Gasteiger partial charge < -0.3 is 5.11 Å². The smallest absolute Gasteiger partial charge is 0.307 e. The summed E-state index contributed by atoms with van der Waals surface area (Å²) in [6.45, 7) is 0. The van der Waals surface area contributed by atoms with Gasteiger partial charge in [-0.1, -0.05) is 30.3 Å². The van der Waals surface area contributed by atoms with Crippen molar-refractivity contribution in [3.8, 4) is 0 Å². The van der Waals surface area contributed by atoms with E-state index in [1.807, 2.05) is 24.0 Å². The molecule has 1 unspecified atom stereocenters. The van der Waals surface area contributed by atoms with Crippen molar-refractivity contribution in [1.82, 2.24) is 4.98 Å². The number of hydrogen-bond acceptors (Lipinski definition) is 3. The Kier molecular flexibility index (Phi) is 4.16. The van der Waals surface area contributed by atoms with E-state index in [1.165, 1.54) is 45.5 Å². The number of carboxylic acids is 1. The third-order valence-electron chi connectivity index (χ3n) is 5.68. The molecule has 2 aliphatic rings. The lowest BCUT2D eigenvalue weighted by Gasteiger charge is -2.14. The molecule has 27 heavy (non-hydrogen) atoms. The molecule has 2 aromatic carbocycles. The summed E-state index contributed by atoms with van der Waals surface area (Å²) < 4.78 is 0. The van der Waals surface area contributed by atoms with E-state index in [0.29, 0.717) is 18.8 Å². The molecule has 1 heterocycles. The van der Waals surface area contributed by atoms with Gasteiger partial charge in [0.2, 0.25) is 0 Å². The van der Waals surface area contributed by atoms with E-state index in [0.717, 1.165) is 11.1 Å². The van der Waals surface area contributed by atoms with E-state index < -0.39 is 5.97 Å². The van der Waals surface area contributed by atoms with Gasteiger partial charge in [0.15, 0.2) is 0 Å². The Morgan fingerprint density at radius 1 is 1.15 bits per heavy atom. The van der Waals surface area contributed by atoms with Gasteiger partial charge in [0.1, 0.15) is 0 Å². The van der Waals surface area contributed by atoms with Crippen LogP contribution in [0.1, 0.15) is 41.1 Å². The number of benzene rings is 2. The van der Waals surface area contributed by atoms with Crippen molar-refractivity contribution in [3.05, 3.63) is 71.0 Å². The predicted octanol–water partition coefficient (Wildman–Crippen LogP) is 5.20. The summed E-state index contributed by atoms with van der Waals surface area (Å²) in [6.07, 6.45) is 5.72. The fourth-order valence-electron chi connectivity index (χ4n) is 4.04. The number of nitrogens with zero attached hydrogens (tertiary/aromatic N) is 1. The highest BCUT2D eigenvalue weighted by molar-refractivity contribution is 7.98. The van der Waals surface area contributed by atoms with Crippen LogP contribution in [0.5, 0.6) is 0 Å². The van der Waals surface area contributed by atoms with Crippen molar-refractivity contribution in [2.24, 2.45) is 5.92 Å². The molecule has 2 aliphatic carbocycles. The van der Waals surface area contributed by atoms with Crippen LogP contribution >= 0.6 is 11.8 Å². The SMILES string of the molecule is O=C(O)C1Cc2cc3cnc(C4CC4)cc3c(SCc3ccccc3)c2C1. The molecule has 3 nitrogen and oxygen atoms in total. The first-order valence-electron chi connectivity index (χ1n) is 9.53. The number of hydrogen-bond donors (Lipinski definition) is 1. The number of thioether (sulfide) groups is 1. The molecular formula is C23H21NO2S. The van der Waals surface area contributed by atoms with Gasteiger partial charge in [-0.15, -0.1) is 11.8 Å². The lowest BCUT2D eigenvalue weighted by molar-refractivity contribution is -0.141. The molecule has 0 saturated heterocycles. The number of carboxylic acid groups (broad SMARTS) is 1. The van der Waals surface area contributed by atoms with Gasteiger partial charge in [0.25, 0.3) is 0 Å². The van der Waals surface area contributed by atoms with Gasteiger partial charge in [0.05, 0.1) is 5.92 Å². The second kappa shape index (κ2) is 6.68. The largest absolute Gasteiger partial charge is 0.481 e. The van der Waals surface area contributed by atoms with E-state index in [1.54, 1.807) is 0 Å². The molecule has 5 rings (SSSR count). The van der Waals surface area contributed by atoms with Crippen LogP contribution in [0.4, 0.5) is 0 Å². The minimum atomic E-state index is -0.689. The standard InChI is InChI=1S/C23H21NO2S/c25-23(26)17-8-16-9-18-12-24-21(15-6-7-15)11-20(18)22(19(16)10-17)27-13-14-4-2-1-3-5-14/h1-5,9,11-12,15,17H,6-8,10,13H2,(H,25,26). The minimum absolute atomic E-state index is 0.302. The van der Waals surface area contributed by atoms with Crippen LogP contribution in [-0.2, 0) is 23.4 Å². The molecule has 1 saturated carbocycles. The molecule has 1 fully saturated rings. The van der Waals surface area contributed by atoms with Crippen LogP contribution < -0.4 is 0 Å². The van der Waals surface area contributed by atoms with Crippen molar-refractivity contribution in [2.45, 2.75) is 42.2 Å². The molecule has 1 atom stereocenters. The first-order valence-corrected chi connectivity index (χ1v) is 10.5. The maximum atomic E-state index is 11.6. The summed E-state index contributed by atoms with van der Waals surface area (Å²) in [5.74, 6) is 0.516. The Morgan fingerprint density at radius 2 is 1.96 bits per heavy atom. The zero-order chi connectivity index (χ0) is 18.4. The van der Waals surface area contributed by atoms with Gasteiger partial charge in [0, 0.05) is 33.8 Å². The molecule has 0 aliphatic heterocycles. The highest BCUT2D eigenvalue weighted by Crippen LogP contribution is 2.44. The van der Waals surface area contributed by atoms with Gasteiger partial charge >= 0.3 is 5.97 Å². The van der Waals surface area contributed by atoms with E-state index in [9.17, 15) is 9.90 Å². The lowest BCUT2D eigenvalue weighted by Crippen LogP contribution is -2.12. The predicted molar refractivity (Wildman–Crippen MR) is 108 cm³/mol. The van der Waals surface area contributed by atoms with Crippen LogP contribution in [-0.4, -0.2) is 16.1 Å². The highest BCUT2D eigenvalue weighted by Gasteiger charge is 2.31. The maximum Gasteiger partial charge on any atom is 0.307 e. The Labute approximate surface area is 162 Å². The molecule has 0 spiro atoms. The van der Waals surface area contributed by atoms with Crippen molar-refractivity contribution in [1.29, 1.82) is 0 Å². The zero-order valence-electron chi connectivity index (χ0n) is 15.0.